The average molecular weight is 417 g/mol. The number of aromatic nitrogens is 1. The maximum absolute atomic E-state index is 12.5. The highest BCUT2D eigenvalue weighted by atomic mass is 35.5. The molecule has 0 aliphatic rings. The Labute approximate surface area is 162 Å². The second-order valence-electron chi connectivity index (χ2n) is 4.93. The first-order chi connectivity index (χ1) is 12.0. The van der Waals surface area contributed by atoms with Gasteiger partial charge < -0.3 is 14.0 Å². The van der Waals surface area contributed by atoms with Gasteiger partial charge in [-0.15, -0.1) is 11.3 Å². The van der Waals surface area contributed by atoms with Crippen molar-refractivity contribution in [1.82, 2.24) is 4.57 Å². The van der Waals surface area contributed by atoms with E-state index in [1.54, 1.807) is 14.2 Å². The molecule has 0 bridgehead atoms. The number of rotatable bonds is 4. The standard InChI is InChI=1S/C16H14Cl2N2O3S2/c1-4-20-12-9(22-2)5-6-10(23-3)13(12)25-16(20)19-15(21)8-7-11(17)24-14(8)18/h5-7H,4H2,1-3H3. The molecule has 5 nitrogen and oxygen atoms in total. The first-order valence-corrected chi connectivity index (χ1v) is 9.67. The molecule has 0 aliphatic heterocycles. The van der Waals surface area contributed by atoms with E-state index < -0.39 is 5.91 Å². The van der Waals surface area contributed by atoms with Crippen molar-refractivity contribution in [3.63, 3.8) is 0 Å². The van der Waals surface area contributed by atoms with Crippen LogP contribution in [0.15, 0.2) is 23.2 Å². The second kappa shape index (κ2) is 7.37. The van der Waals surface area contributed by atoms with Crippen LogP contribution in [0.2, 0.25) is 8.67 Å². The Balaban J connectivity index is 2.25. The Morgan fingerprint density at radius 1 is 1.20 bits per heavy atom. The van der Waals surface area contributed by atoms with Crippen molar-refractivity contribution in [3.8, 4) is 11.5 Å². The molecule has 2 heterocycles. The number of thiophene rings is 1. The van der Waals surface area contributed by atoms with Crippen LogP contribution in [-0.2, 0) is 6.54 Å². The molecule has 0 N–H and O–H groups in total. The zero-order valence-corrected chi connectivity index (χ0v) is 16.8. The lowest BCUT2D eigenvalue weighted by molar-refractivity contribution is 0.0998. The maximum atomic E-state index is 12.5. The number of ether oxygens (including phenoxy) is 2. The van der Waals surface area contributed by atoms with Gasteiger partial charge in [0.05, 0.1) is 24.1 Å². The van der Waals surface area contributed by atoms with Crippen LogP contribution in [0.25, 0.3) is 10.2 Å². The summed E-state index contributed by atoms with van der Waals surface area (Å²) >= 11 is 14.5. The molecule has 0 unspecified atom stereocenters. The van der Waals surface area contributed by atoms with Gasteiger partial charge in [0.1, 0.15) is 26.1 Å². The summed E-state index contributed by atoms with van der Waals surface area (Å²) in [6.45, 7) is 2.59. The maximum Gasteiger partial charge on any atom is 0.282 e. The molecular weight excluding hydrogens is 403 g/mol. The highest BCUT2D eigenvalue weighted by Gasteiger charge is 2.18. The molecule has 3 rings (SSSR count). The van der Waals surface area contributed by atoms with Crippen molar-refractivity contribution in [1.29, 1.82) is 0 Å². The topological polar surface area (TPSA) is 52.8 Å². The van der Waals surface area contributed by atoms with E-state index in [4.69, 9.17) is 32.7 Å². The third-order valence-electron chi connectivity index (χ3n) is 3.59. The number of benzene rings is 1. The fourth-order valence-corrected chi connectivity index (χ4v) is 5.12. The predicted molar refractivity (Wildman–Crippen MR) is 103 cm³/mol. The van der Waals surface area contributed by atoms with E-state index in [0.717, 1.165) is 21.6 Å². The van der Waals surface area contributed by atoms with Crippen LogP contribution < -0.4 is 14.3 Å². The molecule has 0 aliphatic carbocycles. The van der Waals surface area contributed by atoms with E-state index in [1.807, 2.05) is 23.6 Å². The average Bonchev–Trinajstić information content (AvgIpc) is 3.13. The Morgan fingerprint density at radius 2 is 1.88 bits per heavy atom. The molecular formula is C16H14Cl2N2O3S2. The summed E-state index contributed by atoms with van der Waals surface area (Å²) in [6, 6.07) is 5.20. The van der Waals surface area contributed by atoms with E-state index in [2.05, 4.69) is 4.99 Å². The zero-order valence-electron chi connectivity index (χ0n) is 13.6. The highest BCUT2D eigenvalue weighted by molar-refractivity contribution is 7.20. The van der Waals surface area contributed by atoms with Crippen molar-refractivity contribution in [3.05, 3.63) is 37.2 Å². The van der Waals surface area contributed by atoms with E-state index in [9.17, 15) is 4.79 Å². The molecule has 25 heavy (non-hydrogen) atoms. The van der Waals surface area contributed by atoms with Crippen molar-refractivity contribution in [2.45, 2.75) is 13.5 Å². The van der Waals surface area contributed by atoms with Crippen molar-refractivity contribution < 1.29 is 14.3 Å². The Morgan fingerprint density at radius 3 is 2.44 bits per heavy atom. The van der Waals surface area contributed by atoms with Crippen molar-refractivity contribution in [2.24, 2.45) is 4.99 Å². The quantitative estimate of drug-likeness (QED) is 0.610. The smallest absolute Gasteiger partial charge is 0.282 e. The number of fused-ring (bicyclic) bond motifs is 1. The summed E-state index contributed by atoms with van der Waals surface area (Å²) in [7, 11) is 3.21. The fraction of sp³-hybridized carbons (Fsp3) is 0.250. The molecule has 0 saturated carbocycles. The van der Waals surface area contributed by atoms with Gasteiger partial charge in [0.15, 0.2) is 4.80 Å². The molecule has 0 atom stereocenters. The zero-order chi connectivity index (χ0) is 18.1. The van der Waals surface area contributed by atoms with Crippen molar-refractivity contribution >= 4 is 62.0 Å². The van der Waals surface area contributed by atoms with Gasteiger partial charge in [-0.05, 0) is 25.1 Å². The normalized spacial score (nSPS) is 12.0. The van der Waals surface area contributed by atoms with Gasteiger partial charge in [-0.2, -0.15) is 4.99 Å². The Bertz CT molecular complexity index is 1020. The minimum absolute atomic E-state index is 0.302. The molecule has 0 fully saturated rings. The lowest BCUT2D eigenvalue weighted by Crippen LogP contribution is -2.16. The van der Waals surface area contributed by atoms with Gasteiger partial charge in [-0.3, -0.25) is 4.79 Å². The minimum Gasteiger partial charge on any atom is -0.495 e. The molecule has 0 radical (unpaired) electrons. The van der Waals surface area contributed by atoms with Crippen LogP contribution in [0.3, 0.4) is 0 Å². The molecule has 3 aromatic rings. The second-order valence-corrected chi connectivity index (χ2v) is 8.19. The predicted octanol–water partition coefficient (Wildman–Crippen LogP) is 4.85. The van der Waals surface area contributed by atoms with Gasteiger partial charge in [0.2, 0.25) is 0 Å². The lowest BCUT2D eigenvalue weighted by Gasteiger charge is -2.08. The third-order valence-corrected chi connectivity index (χ3v) is 6.17. The highest BCUT2D eigenvalue weighted by Crippen LogP contribution is 2.35. The molecule has 0 spiro atoms. The number of hydrogen-bond acceptors (Lipinski definition) is 5. The largest absolute Gasteiger partial charge is 0.495 e. The number of hydrogen-bond donors (Lipinski definition) is 0. The molecule has 1 amide bonds. The van der Waals surface area contributed by atoms with E-state index >= 15 is 0 Å². The number of nitrogens with zero attached hydrogens (tertiary/aromatic N) is 2. The summed E-state index contributed by atoms with van der Waals surface area (Å²) < 4.78 is 14.5. The number of methoxy groups -OCH3 is 2. The summed E-state index contributed by atoms with van der Waals surface area (Å²) in [5, 5.41) is 0. The molecule has 2 aromatic heterocycles. The van der Waals surface area contributed by atoms with E-state index in [-0.39, 0.29) is 0 Å². The summed E-state index contributed by atoms with van der Waals surface area (Å²) in [5.74, 6) is 0.966. The number of aryl methyl sites for hydroxylation is 1. The fourth-order valence-electron chi connectivity index (χ4n) is 2.47. The first kappa shape index (κ1) is 18.3. The molecule has 0 saturated heterocycles. The molecule has 1 aromatic carbocycles. The first-order valence-electron chi connectivity index (χ1n) is 7.28. The molecule has 9 heteroatoms. The lowest BCUT2D eigenvalue weighted by atomic mass is 10.3. The van der Waals surface area contributed by atoms with Crippen LogP contribution in [0, 0.1) is 0 Å². The number of amides is 1. The van der Waals surface area contributed by atoms with E-state index in [1.165, 1.54) is 17.4 Å². The van der Waals surface area contributed by atoms with Gasteiger partial charge in [-0.1, -0.05) is 34.5 Å². The van der Waals surface area contributed by atoms with E-state index in [0.29, 0.717) is 37.1 Å². The Kier molecular flexibility index (Phi) is 5.38. The number of carbonyl (C=O) groups excluding carboxylic acids is 1. The van der Waals surface area contributed by atoms with Crippen LogP contribution in [0.4, 0.5) is 0 Å². The monoisotopic (exact) mass is 416 g/mol. The van der Waals surface area contributed by atoms with Gasteiger partial charge in [0, 0.05) is 6.54 Å². The van der Waals surface area contributed by atoms with Gasteiger partial charge in [-0.25, -0.2) is 0 Å². The van der Waals surface area contributed by atoms with Gasteiger partial charge >= 0.3 is 0 Å². The van der Waals surface area contributed by atoms with Gasteiger partial charge in [0.25, 0.3) is 5.91 Å². The number of halogens is 2. The van der Waals surface area contributed by atoms with Crippen molar-refractivity contribution in [2.75, 3.05) is 14.2 Å². The third kappa shape index (κ3) is 3.29. The Hall–Kier alpha value is -1.54. The minimum atomic E-state index is -0.431. The van der Waals surface area contributed by atoms with Crippen LogP contribution >= 0.6 is 45.9 Å². The van der Waals surface area contributed by atoms with Crippen LogP contribution in [0.1, 0.15) is 17.3 Å². The summed E-state index contributed by atoms with van der Waals surface area (Å²) in [4.78, 5) is 17.3. The van der Waals surface area contributed by atoms with Crippen LogP contribution in [-0.4, -0.2) is 24.7 Å². The SMILES string of the molecule is CCn1c(=NC(=O)c2cc(Cl)sc2Cl)sc2c(OC)ccc(OC)c21. The summed E-state index contributed by atoms with van der Waals surface area (Å²) in [5.41, 5.74) is 1.14. The summed E-state index contributed by atoms with van der Waals surface area (Å²) in [6.07, 6.45) is 0. The number of carbonyl (C=O) groups is 1. The number of thiazole rings is 1. The molecule has 132 valence electrons. The van der Waals surface area contributed by atoms with Crippen LogP contribution in [0.5, 0.6) is 11.5 Å².